The fraction of sp³-hybridized carbons (Fsp3) is 0.0909. The Hall–Kier alpha value is -1.90. The number of benzene rings is 1. The van der Waals surface area contributed by atoms with Gasteiger partial charge in [0.15, 0.2) is 0 Å². The Morgan fingerprint density at radius 1 is 1.43 bits per heavy atom. The number of hydrogen-bond acceptors (Lipinski definition) is 2. The highest BCUT2D eigenvalue weighted by Crippen LogP contribution is 2.06. The lowest BCUT2D eigenvalue weighted by Gasteiger charge is -1.96. The second kappa shape index (κ2) is 4.97. The van der Waals surface area contributed by atoms with Crippen LogP contribution in [0.2, 0.25) is 0 Å². The van der Waals surface area contributed by atoms with Gasteiger partial charge in [-0.15, -0.1) is 0 Å². The molecule has 0 spiro atoms. The molecule has 0 radical (unpaired) electrons. The zero-order valence-electron chi connectivity index (χ0n) is 7.64. The summed E-state index contributed by atoms with van der Waals surface area (Å²) < 4.78 is 0. The summed E-state index contributed by atoms with van der Waals surface area (Å²) in [6.07, 6.45) is 4.70. The summed E-state index contributed by atoms with van der Waals surface area (Å²) in [6, 6.07) is 6.93. The number of allylic oxidation sites excluding steroid dienone is 1. The molecule has 0 saturated heterocycles. The van der Waals surface area contributed by atoms with Crippen molar-refractivity contribution < 1.29 is 9.59 Å². The molecule has 1 aromatic rings. The van der Waals surface area contributed by atoms with E-state index in [0.717, 1.165) is 11.8 Å². The van der Waals surface area contributed by atoms with Gasteiger partial charge in [0.2, 0.25) is 5.91 Å². The van der Waals surface area contributed by atoms with Crippen molar-refractivity contribution in [1.82, 2.24) is 0 Å². The summed E-state index contributed by atoms with van der Waals surface area (Å²) in [5.74, 6) is -0.448. The van der Waals surface area contributed by atoms with Crippen LogP contribution in [0.15, 0.2) is 30.3 Å². The number of hydrogen-bond donors (Lipinski definition) is 1. The number of amides is 1. The molecule has 3 heteroatoms. The Balaban J connectivity index is 2.83. The standard InChI is InChI=1S/C11H11NO2/c12-11(14)10-6-3-5-9(8-10)4-1-2-7-13/h1,3-8H,2H2,(H2,12,14). The van der Waals surface area contributed by atoms with Crippen LogP contribution in [-0.4, -0.2) is 12.2 Å². The molecular weight excluding hydrogens is 178 g/mol. The lowest BCUT2D eigenvalue weighted by Crippen LogP contribution is -2.10. The second-order valence-electron chi connectivity index (χ2n) is 2.79. The minimum atomic E-state index is -0.448. The van der Waals surface area contributed by atoms with E-state index in [2.05, 4.69) is 0 Å². The molecule has 0 atom stereocenters. The molecular formula is C11H11NO2. The summed E-state index contributed by atoms with van der Waals surface area (Å²) in [4.78, 5) is 20.9. The quantitative estimate of drug-likeness (QED) is 0.727. The molecule has 0 aliphatic rings. The van der Waals surface area contributed by atoms with E-state index in [9.17, 15) is 9.59 Å². The molecule has 1 amide bonds. The van der Waals surface area contributed by atoms with Crippen molar-refractivity contribution in [2.24, 2.45) is 5.73 Å². The van der Waals surface area contributed by atoms with Gasteiger partial charge in [-0.25, -0.2) is 0 Å². The van der Waals surface area contributed by atoms with Crippen molar-refractivity contribution in [2.45, 2.75) is 6.42 Å². The Kier molecular flexibility index (Phi) is 3.61. The largest absolute Gasteiger partial charge is 0.366 e. The first-order valence-corrected chi connectivity index (χ1v) is 4.24. The highest BCUT2D eigenvalue weighted by Gasteiger charge is 1.98. The fourth-order valence-electron chi connectivity index (χ4n) is 1.06. The second-order valence-corrected chi connectivity index (χ2v) is 2.79. The van der Waals surface area contributed by atoms with Crippen LogP contribution in [0.25, 0.3) is 6.08 Å². The smallest absolute Gasteiger partial charge is 0.248 e. The first-order chi connectivity index (χ1) is 6.74. The third-order valence-corrected chi connectivity index (χ3v) is 1.71. The summed E-state index contributed by atoms with van der Waals surface area (Å²) in [6.45, 7) is 0. The zero-order valence-corrected chi connectivity index (χ0v) is 7.64. The summed E-state index contributed by atoms with van der Waals surface area (Å²) in [5, 5.41) is 0. The van der Waals surface area contributed by atoms with Gasteiger partial charge in [-0.05, 0) is 17.7 Å². The van der Waals surface area contributed by atoms with Crippen LogP contribution in [0.3, 0.4) is 0 Å². The van der Waals surface area contributed by atoms with Crippen molar-refractivity contribution in [1.29, 1.82) is 0 Å². The first-order valence-electron chi connectivity index (χ1n) is 4.24. The predicted molar refractivity (Wildman–Crippen MR) is 54.7 cm³/mol. The fourth-order valence-corrected chi connectivity index (χ4v) is 1.06. The number of nitrogens with two attached hydrogens (primary N) is 1. The third-order valence-electron chi connectivity index (χ3n) is 1.71. The van der Waals surface area contributed by atoms with Gasteiger partial charge >= 0.3 is 0 Å². The molecule has 0 fully saturated rings. The van der Waals surface area contributed by atoms with Gasteiger partial charge in [0.25, 0.3) is 0 Å². The average Bonchev–Trinajstić information content (AvgIpc) is 2.19. The molecule has 14 heavy (non-hydrogen) atoms. The number of carbonyl (C=O) groups excluding carboxylic acids is 2. The normalized spacial score (nSPS) is 10.3. The van der Waals surface area contributed by atoms with E-state index in [4.69, 9.17) is 5.73 Å². The third kappa shape index (κ3) is 2.86. The van der Waals surface area contributed by atoms with E-state index in [1.807, 2.05) is 6.07 Å². The van der Waals surface area contributed by atoms with Crippen LogP contribution >= 0.6 is 0 Å². The SMILES string of the molecule is NC(=O)c1cccc(C=CCC=O)c1. The Morgan fingerprint density at radius 3 is 2.86 bits per heavy atom. The van der Waals surface area contributed by atoms with Crippen molar-refractivity contribution in [3.63, 3.8) is 0 Å². The van der Waals surface area contributed by atoms with Crippen LogP contribution in [0.1, 0.15) is 22.3 Å². The van der Waals surface area contributed by atoms with Crippen molar-refractivity contribution in [3.05, 3.63) is 41.5 Å². The molecule has 2 N–H and O–H groups in total. The monoisotopic (exact) mass is 189 g/mol. The molecule has 1 rings (SSSR count). The van der Waals surface area contributed by atoms with E-state index in [1.165, 1.54) is 0 Å². The van der Waals surface area contributed by atoms with Crippen LogP contribution in [0.5, 0.6) is 0 Å². The molecule has 1 aromatic carbocycles. The molecule has 0 bridgehead atoms. The van der Waals surface area contributed by atoms with Crippen molar-refractivity contribution in [3.8, 4) is 0 Å². The van der Waals surface area contributed by atoms with Crippen molar-refractivity contribution >= 4 is 18.3 Å². The maximum Gasteiger partial charge on any atom is 0.248 e. The van der Waals surface area contributed by atoms with Gasteiger partial charge in [-0.3, -0.25) is 4.79 Å². The number of primary amides is 1. The molecule has 72 valence electrons. The lowest BCUT2D eigenvalue weighted by molar-refractivity contribution is -0.107. The molecule has 0 aromatic heterocycles. The maximum atomic E-state index is 10.8. The van der Waals surface area contributed by atoms with Crippen LogP contribution in [0, 0.1) is 0 Å². The number of aldehydes is 1. The highest BCUT2D eigenvalue weighted by molar-refractivity contribution is 5.93. The summed E-state index contributed by atoms with van der Waals surface area (Å²) in [7, 11) is 0. The molecule has 0 saturated carbocycles. The van der Waals surface area contributed by atoms with Crippen molar-refractivity contribution in [2.75, 3.05) is 0 Å². The van der Waals surface area contributed by atoms with Gasteiger partial charge in [0.05, 0.1) is 0 Å². The van der Waals surface area contributed by atoms with E-state index in [-0.39, 0.29) is 0 Å². The van der Waals surface area contributed by atoms with E-state index >= 15 is 0 Å². The van der Waals surface area contributed by atoms with Crippen LogP contribution in [0.4, 0.5) is 0 Å². The molecule has 0 heterocycles. The topological polar surface area (TPSA) is 60.2 Å². The van der Waals surface area contributed by atoms with Gasteiger partial charge in [0.1, 0.15) is 6.29 Å². The Bertz CT molecular complexity index is 369. The number of carbonyl (C=O) groups is 2. The predicted octanol–water partition coefficient (Wildman–Crippen LogP) is 1.39. The lowest BCUT2D eigenvalue weighted by atomic mass is 10.1. The highest BCUT2D eigenvalue weighted by atomic mass is 16.1. The van der Waals surface area contributed by atoms with Crippen LogP contribution < -0.4 is 5.73 Å². The molecule has 0 aliphatic heterocycles. The van der Waals surface area contributed by atoms with E-state index in [0.29, 0.717) is 12.0 Å². The summed E-state index contributed by atoms with van der Waals surface area (Å²) in [5.41, 5.74) is 6.45. The van der Waals surface area contributed by atoms with Gasteiger partial charge < -0.3 is 10.5 Å². The molecule has 3 nitrogen and oxygen atoms in total. The van der Waals surface area contributed by atoms with Crippen LogP contribution in [-0.2, 0) is 4.79 Å². The van der Waals surface area contributed by atoms with Gasteiger partial charge in [0, 0.05) is 12.0 Å². The van der Waals surface area contributed by atoms with E-state index in [1.54, 1.807) is 30.4 Å². The Morgan fingerprint density at radius 2 is 2.21 bits per heavy atom. The minimum Gasteiger partial charge on any atom is -0.366 e. The minimum absolute atomic E-state index is 0.376. The van der Waals surface area contributed by atoms with E-state index < -0.39 is 5.91 Å². The molecule has 0 aliphatic carbocycles. The Labute approximate surface area is 82.2 Å². The van der Waals surface area contributed by atoms with Gasteiger partial charge in [-0.1, -0.05) is 24.3 Å². The average molecular weight is 189 g/mol. The number of rotatable bonds is 4. The summed E-state index contributed by atoms with van der Waals surface area (Å²) >= 11 is 0. The van der Waals surface area contributed by atoms with Gasteiger partial charge in [-0.2, -0.15) is 0 Å². The molecule has 0 unspecified atom stereocenters. The first kappa shape index (κ1) is 10.2. The maximum absolute atomic E-state index is 10.8. The zero-order chi connectivity index (χ0) is 10.4.